The van der Waals surface area contributed by atoms with E-state index in [-0.39, 0.29) is 11.9 Å². The van der Waals surface area contributed by atoms with Crippen LogP contribution < -0.4 is 10.6 Å². The summed E-state index contributed by atoms with van der Waals surface area (Å²) < 4.78 is 0. The second kappa shape index (κ2) is 7.81. The molecule has 2 aromatic carbocycles. The van der Waals surface area contributed by atoms with Crippen LogP contribution in [0.15, 0.2) is 54.6 Å². The van der Waals surface area contributed by atoms with Crippen LogP contribution in [0.3, 0.4) is 0 Å². The molecular weight excluding hydrogens is 312 g/mol. The summed E-state index contributed by atoms with van der Waals surface area (Å²) in [6.45, 7) is 3.47. The summed E-state index contributed by atoms with van der Waals surface area (Å²) in [6, 6.07) is 18.0. The number of carbonyl (C=O) groups excluding carboxylic acids is 1. The van der Waals surface area contributed by atoms with Crippen molar-refractivity contribution in [2.75, 3.05) is 13.1 Å². The van der Waals surface area contributed by atoms with Gasteiger partial charge in [-0.2, -0.15) is 0 Å². The number of hydrogen-bond donors (Lipinski definition) is 3. The highest BCUT2D eigenvalue weighted by Gasteiger charge is 2.35. The predicted molar refractivity (Wildman–Crippen MR) is 100 cm³/mol. The van der Waals surface area contributed by atoms with Gasteiger partial charge in [0.1, 0.15) is 0 Å². The van der Waals surface area contributed by atoms with Crippen LogP contribution in [0.4, 0.5) is 0 Å². The highest BCUT2D eigenvalue weighted by atomic mass is 16.3. The van der Waals surface area contributed by atoms with Gasteiger partial charge in [0, 0.05) is 0 Å². The average Bonchev–Trinajstić information content (AvgIpc) is 2.63. The molecule has 0 saturated carbocycles. The summed E-state index contributed by atoms with van der Waals surface area (Å²) in [5, 5.41) is 16.9. The number of nitrogens with one attached hydrogen (secondary N) is 2. The smallest absolute Gasteiger partial charge is 0.224 e. The first-order chi connectivity index (χ1) is 12.1. The van der Waals surface area contributed by atoms with Crippen molar-refractivity contribution in [1.29, 1.82) is 0 Å². The first kappa shape index (κ1) is 17.6. The van der Waals surface area contributed by atoms with Gasteiger partial charge in [0.05, 0.1) is 18.1 Å². The van der Waals surface area contributed by atoms with E-state index in [1.807, 2.05) is 49.4 Å². The van der Waals surface area contributed by atoms with Crippen LogP contribution in [-0.4, -0.2) is 35.7 Å². The third kappa shape index (κ3) is 4.47. The third-order valence-electron chi connectivity index (χ3n) is 5.08. The maximum atomic E-state index is 12.3. The van der Waals surface area contributed by atoms with Crippen LogP contribution in [0.2, 0.25) is 0 Å². The molecule has 2 aromatic rings. The molecule has 0 radical (unpaired) electrons. The standard InChI is InChI=1S/C21H26N2O2/c1-16(21(25)11-13-22-14-12-21)23-20(24)15-17-7-9-19(10-8-17)18-5-3-2-4-6-18/h2-10,16,22,25H,11-15H2,1H3,(H,23,24). The summed E-state index contributed by atoms with van der Waals surface area (Å²) in [5.74, 6) is -0.0491. The highest BCUT2D eigenvalue weighted by Crippen LogP contribution is 2.22. The summed E-state index contributed by atoms with van der Waals surface area (Å²) in [5.41, 5.74) is 2.47. The molecule has 0 bridgehead atoms. The Labute approximate surface area is 149 Å². The second-order valence-electron chi connectivity index (χ2n) is 6.88. The number of carbonyl (C=O) groups is 1. The van der Waals surface area contributed by atoms with Crippen molar-refractivity contribution in [1.82, 2.24) is 10.6 Å². The molecular formula is C21H26N2O2. The molecule has 1 aliphatic heterocycles. The molecule has 0 spiro atoms. The summed E-state index contributed by atoms with van der Waals surface area (Å²) in [4.78, 5) is 12.3. The first-order valence-electron chi connectivity index (χ1n) is 8.94. The molecule has 4 nitrogen and oxygen atoms in total. The minimum absolute atomic E-state index is 0.0491. The lowest BCUT2D eigenvalue weighted by Crippen LogP contribution is -2.55. The molecule has 1 fully saturated rings. The Morgan fingerprint density at radius 3 is 2.32 bits per heavy atom. The van der Waals surface area contributed by atoms with E-state index >= 15 is 0 Å². The van der Waals surface area contributed by atoms with Gasteiger partial charge in [-0.05, 0) is 49.5 Å². The minimum atomic E-state index is -0.807. The fraction of sp³-hybridized carbons (Fsp3) is 0.381. The number of rotatable bonds is 5. The van der Waals surface area contributed by atoms with E-state index in [0.29, 0.717) is 19.3 Å². The fourth-order valence-corrected chi connectivity index (χ4v) is 3.35. The molecule has 1 unspecified atom stereocenters. The monoisotopic (exact) mass is 338 g/mol. The van der Waals surface area contributed by atoms with E-state index in [0.717, 1.165) is 24.2 Å². The third-order valence-corrected chi connectivity index (χ3v) is 5.08. The van der Waals surface area contributed by atoms with Gasteiger partial charge >= 0.3 is 0 Å². The number of benzene rings is 2. The van der Waals surface area contributed by atoms with Crippen molar-refractivity contribution in [2.45, 2.75) is 37.8 Å². The summed E-state index contributed by atoms with van der Waals surface area (Å²) in [7, 11) is 0. The zero-order valence-corrected chi connectivity index (χ0v) is 14.7. The van der Waals surface area contributed by atoms with E-state index in [9.17, 15) is 9.90 Å². The van der Waals surface area contributed by atoms with Gasteiger partial charge in [0.2, 0.25) is 5.91 Å². The van der Waals surface area contributed by atoms with E-state index in [1.54, 1.807) is 0 Å². The van der Waals surface area contributed by atoms with Crippen LogP contribution in [0, 0.1) is 0 Å². The molecule has 1 aliphatic rings. The molecule has 1 amide bonds. The van der Waals surface area contributed by atoms with Crippen LogP contribution in [-0.2, 0) is 11.2 Å². The predicted octanol–water partition coefficient (Wildman–Crippen LogP) is 2.52. The number of aliphatic hydroxyl groups is 1. The quantitative estimate of drug-likeness (QED) is 0.785. The molecule has 0 aliphatic carbocycles. The van der Waals surface area contributed by atoms with Gasteiger partial charge in [-0.25, -0.2) is 0 Å². The van der Waals surface area contributed by atoms with Gasteiger partial charge in [0.25, 0.3) is 0 Å². The van der Waals surface area contributed by atoms with Crippen molar-refractivity contribution in [3.8, 4) is 11.1 Å². The Morgan fingerprint density at radius 2 is 1.68 bits per heavy atom. The van der Waals surface area contributed by atoms with E-state index < -0.39 is 5.60 Å². The second-order valence-corrected chi connectivity index (χ2v) is 6.88. The van der Waals surface area contributed by atoms with Gasteiger partial charge in [-0.1, -0.05) is 54.6 Å². The maximum absolute atomic E-state index is 12.3. The summed E-state index contributed by atoms with van der Waals surface area (Å²) in [6.07, 6.45) is 1.66. The van der Waals surface area contributed by atoms with Gasteiger partial charge in [0.15, 0.2) is 0 Å². The lowest BCUT2D eigenvalue weighted by molar-refractivity contribution is -0.123. The summed E-state index contributed by atoms with van der Waals surface area (Å²) >= 11 is 0. The van der Waals surface area contributed by atoms with E-state index in [2.05, 4.69) is 22.8 Å². The van der Waals surface area contributed by atoms with Crippen molar-refractivity contribution >= 4 is 5.91 Å². The Hall–Kier alpha value is -2.17. The number of hydrogen-bond acceptors (Lipinski definition) is 3. The highest BCUT2D eigenvalue weighted by molar-refractivity contribution is 5.79. The first-order valence-corrected chi connectivity index (χ1v) is 8.94. The van der Waals surface area contributed by atoms with Crippen LogP contribution >= 0.6 is 0 Å². The van der Waals surface area contributed by atoms with Crippen LogP contribution in [0.25, 0.3) is 11.1 Å². The Kier molecular flexibility index (Phi) is 5.51. The molecule has 1 atom stereocenters. The lowest BCUT2D eigenvalue weighted by Gasteiger charge is -2.38. The van der Waals surface area contributed by atoms with E-state index in [1.165, 1.54) is 5.56 Å². The topological polar surface area (TPSA) is 61.4 Å². The number of amides is 1. The lowest BCUT2D eigenvalue weighted by atomic mass is 9.85. The zero-order valence-electron chi connectivity index (χ0n) is 14.7. The van der Waals surface area contributed by atoms with E-state index in [4.69, 9.17) is 0 Å². The normalized spacial score (nSPS) is 17.7. The number of piperidine rings is 1. The average molecular weight is 338 g/mol. The molecule has 3 rings (SSSR count). The molecule has 0 aromatic heterocycles. The Balaban J connectivity index is 1.57. The van der Waals surface area contributed by atoms with Gasteiger partial charge in [-0.15, -0.1) is 0 Å². The van der Waals surface area contributed by atoms with Crippen molar-refractivity contribution in [3.05, 3.63) is 60.2 Å². The van der Waals surface area contributed by atoms with Crippen molar-refractivity contribution in [2.24, 2.45) is 0 Å². The molecule has 25 heavy (non-hydrogen) atoms. The molecule has 132 valence electrons. The van der Waals surface area contributed by atoms with Crippen LogP contribution in [0.1, 0.15) is 25.3 Å². The maximum Gasteiger partial charge on any atom is 0.224 e. The molecule has 4 heteroatoms. The zero-order chi connectivity index (χ0) is 17.7. The SMILES string of the molecule is CC(NC(=O)Cc1ccc(-c2ccccc2)cc1)C1(O)CCNCC1. The van der Waals surface area contributed by atoms with Crippen LogP contribution in [0.5, 0.6) is 0 Å². The van der Waals surface area contributed by atoms with Crippen molar-refractivity contribution < 1.29 is 9.90 Å². The van der Waals surface area contributed by atoms with Gasteiger partial charge in [-0.3, -0.25) is 4.79 Å². The molecule has 1 heterocycles. The minimum Gasteiger partial charge on any atom is -0.388 e. The van der Waals surface area contributed by atoms with Crippen molar-refractivity contribution in [3.63, 3.8) is 0 Å². The molecule has 1 saturated heterocycles. The van der Waals surface area contributed by atoms with Gasteiger partial charge < -0.3 is 15.7 Å². The Bertz CT molecular complexity index is 692. The fourth-order valence-electron chi connectivity index (χ4n) is 3.35. The largest absolute Gasteiger partial charge is 0.388 e. The molecule has 3 N–H and O–H groups in total. The Morgan fingerprint density at radius 1 is 1.08 bits per heavy atom.